The van der Waals surface area contributed by atoms with Gasteiger partial charge in [-0.3, -0.25) is 30.1 Å². The second-order valence-electron chi connectivity index (χ2n) is 7.07. The average molecular weight is 413 g/mol. The van der Waals surface area contributed by atoms with Crippen molar-refractivity contribution < 1.29 is 19.5 Å². The molecule has 0 saturated carbocycles. The predicted octanol–water partition coefficient (Wildman–Crippen LogP) is 0.962. The largest absolute Gasteiger partial charge is 0.379 e. The van der Waals surface area contributed by atoms with Crippen molar-refractivity contribution >= 4 is 24.2 Å². The van der Waals surface area contributed by atoms with Crippen LogP contribution in [0, 0.1) is 5.92 Å². The number of hydroxylamine groups is 2. The molecule has 0 aromatic carbocycles. The van der Waals surface area contributed by atoms with Crippen molar-refractivity contribution in [1.29, 1.82) is 0 Å². The van der Waals surface area contributed by atoms with Crippen LogP contribution in [0.1, 0.15) is 39.5 Å². The number of hydrogen-bond acceptors (Lipinski definition) is 8. The number of carbonyl (C=O) groups excluding carboxylic acids is 2. The molecule has 0 bridgehead atoms. The number of nitrogens with one attached hydrogen (secondary N) is 2. The molecular weight excluding hydrogens is 378 g/mol. The zero-order valence-electron chi connectivity index (χ0n) is 17.8. The summed E-state index contributed by atoms with van der Waals surface area (Å²) in [7, 11) is 3.64. The maximum absolute atomic E-state index is 12.5. The highest BCUT2D eigenvalue weighted by Gasteiger charge is 2.27. The summed E-state index contributed by atoms with van der Waals surface area (Å²) in [5.74, 6) is -0.138. The Balaban J connectivity index is 2.78. The Hall–Kier alpha value is -2.37. The molecule has 1 aromatic heterocycles. The monoisotopic (exact) mass is 412 g/mol. The highest BCUT2D eigenvalue weighted by atomic mass is 16.5. The number of hydrazine groups is 1. The first-order valence-corrected chi connectivity index (χ1v) is 9.89. The molecule has 2 amide bonds. The SMILES string of the molecule is CCCCCC(CN(O)C=O)C(=O)NNc1ncnc([N@+](C)(CC)CCOC)n1. The summed E-state index contributed by atoms with van der Waals surface area (Å²) in [5, 5.41) is 9.95. The normalized spacial score (nSPS) is 14.0. The first-order valence-electron chi connectivity index (χ1n) is 9.89. The van der Waals surface area contributed by atoms with Gasteiger partial charge in [-0.05, 0) is 13.3 Å². The summed E-state index contributed by atoms with van der Waals surface area (Å²) in [5.41, 5.74) is 5.28. The Morgan fingerprint density at radius 3 is 2.76 bits per heavy atom. The molecule has 0 fully saturated rings. The van der Waals surface area contributed by atoms with Crippen LogP contribution in [-0.2, 0) is 14.3 Å². The van der Waals surface area contributed by atoms with E-state index < -0.39 is 5.92 Å². The van der Waals surface area contributed by atoms with Crippen LogP contribution >= 0.6 is 0 Å². The van der Waals surface area contributed by atoms with E-state index in [1.54, 1.807) is 7.11 Å². The quantitative estimate of drug-likeness (QED) is 0.128. The fourth-order valence-electron chi connectivity index (χ4n) is 2.73. The molecule has 0 aliphatic heterocycles. The van der Waals surface area contributed by atoms with Crippen LogP contribution in [0.15, 0.2) is 6.33 Å². The molecule has 3 N–H and O–H groups in total. The molecule has 0 radical (unpaired) electrons. The average Bonchev–Trinajstić information content (AvgIpc) is 2.75. The standard InChI is InChI=1S/C18H33N7O4/c1-5-7-8-9-15(12-24(28)14-26)16(27)22-23-17-19-13-20-18(21-17)25(3,6-2)10-11-29-4/h13-15,28H,5-12H2,1-4H3,(H-,19,20,21,22,23,27)/p+1/t15?,25-/m1/s1. The third kappa shape index (κ3) is 8.26. The molecule has 0 spiro atoms. The highest BCUT2D eigenvalue weighted by molar-refractivity contribution is 5.80. The minimum absolute atomic E-state index is 0.0784. The molecule has 11 nitrogen and oxygen atoms in total. The zero-order valence-corrected chi connectivity index (χ0v) is 17.8. The number of aromatic nitrogens is 3. The van der Waals surface area contributed by atoms with Crippen LogP contribution in [0.3, 0.4) is 0 Å². The number of carbonyl (C=O) groups is 2. The lowest BCUT2D eigenvalue weighted by atomic mass is 10.0. The molecule has 1 unspecified atom stereocenters. The Bertz CT molecular complexity index is 634. The van der Waals surface area contributed by atoms with Crippen molar-refractivity contribution in [3.8, 4) is 0 Å². The lowest BCUT2D eigenvalue weighted by Crippen LogP contribution is -2.48. The van der Waals surface area contributed by atoms with Gasteiger partial charge in [-0.2, -0.15) is 9.97 Å². The maximum Gasteiger partial charge on any atom is 0.333 e. The van der Waals surface area contributed by atoms with E-state index >= 15 is 0 Å². The van der Waals surface area contributed by atoms with Crippen LogP contribution in [-0.4, -0.2) is 77.9 Å². The number of methoxy groups -OCH3 is 1. The number of rotatable bonds is 15. The molecular formula is C18H34N7O4+. The third-order valence-electron chi connectivity index (χ3n) is 4.88. The molecule has 1 aromatic rings. The summed E-state index contributed by atoms with van der Waals surface area (Å²) in [6.07, 6.45) is 5.02. The Morgan fingerprint density at radius 2 is 2.14 bits per heavy atom. The summed E-state index contributed by atoms with van der Waals surface area (Å²) in [6.45, 7) is 6.03. The Morgan fingerprint density at radius 1 is 1.38 bits per heavy atom. The van der Waals surface area contributed by atoms with Crippen LogP contribution in [0.25, 0.3) is 0 Å². The first kappa shape index (κ1) is 24.7. The molecule has 164 valence electrons. The van der Waals surface area contributed by atoms with Crippen LogP contribution in [0.2, 0.25) is 0 Å². The molecule has 11 heteroatoms. The molecule has 1 rings (SSSR count). The van der Waals surface area contributed by atoms with E-state index in [9.17, 15) is 14.8 Å². The van der Waals surface area contributed by atoms with E-state index in [0.29, 0.717) is 35.1 Å². The first-order chi connectivity index (χ1) is 13.9. The number of amides is 2. The van der Waals surface area contributed by atoms with Gasteiger partial charge in [-0.25, -0.2) is 5.06 Å². The van der Waals surface area contributed by atoms with E-state index in [2.05, 4.69) is 32.7 Å². The number of ether oxygens (including phenoxy) is 1. The van der Waals surface area contributed by atoms with Gasteiger partial charge in [0, 0.05) is 7.11 Å². The van der Waals surface area contributed by atoms with Crippen molar-refractivity contribution in [3.05, 3.63) is 6.33 Å². The van der Waals surface area contributed by atoms with Gasteiger partial charge in [0.1, 0.15) is 12.9 Å². The molecule has 2 atom stereocenters. The Labute approximate surface area is 172 Å². The van der Waals surface area contributed by atoms with Gasteiger partial charge in [0.15, 0.2) is 0 Å². The van der Waals surface area contributed by atoms with Gasteiger partial charge in [0.05, 0.1) is 32.7 Å². The van der Waals surface area contributed by atoms with E-state index in [1.165, 1.54) is 6.33 Å². The van der Waals surface area contributed by atoms with E-state index in [0.717, 1.165) is 25.8 Å². The van der Waals surface area contributed by atoms with Gasteiger partial charge in [-0.15, -0.1) is 4.98 Å². The summed E-state index contributed by atoms with van der Waals surface area (Å²) in [4.78, 5) is 35.9. The lowest BCUT2D eigenvalue weighted by molar-refractivity contribution is -0.154. The Kier molecular flexibility index (Phi) is 11.0. The van der Waals surface area contributed by atoms with Crippen molar-refractivity contribution in [2.24, 2.45) is 5.92 Å². The van der Waals surface area contributed by atoms with Crippen LogP contribution in [0.4, 0.5) is 11.9 Å². The summed E-state index contributed by atoms with van der Waals surface area (Å²) in [6, 6.07) is 0. The molecule has 0 aliphatic carbocycles. The molecule has 29 heavy (non-hydrogen) atoms. The smallest absolute Gasteiger partial charge is 0.333 e. The minimum atomic E-state index is -0.552. The minimum Gasteiger partial charge on any atom is -0.379 e. The van der Waals surface area contributed by atoms with Gasteiger partial charge in [0.2, 0.25) is 18.3 Å². The maximum atomic E-state index is 12.5. The van der Waals surface area contributed by atoms with Crippen molar-refractivity contribution in [2.45, 2.75) is 39.5 Å². The number of quaternary nitrogens is 1. The van der Waals surface area contributed by atoms with E-state index in [1.807, 2.05) is 14.0 Å². The van der Waals surface area contributed by atoms with Gasteiger partial charge >= 0.3 is 5.95 Å². The third-order valence-corrected chi connectivity index (χ3v) is 4.88. The zero-order chi connectivity index (χ0) is 21.7. The fraction of sp³-hybridized carbons (Fsp3) is 0.722. The summed E-state index contributed by atoms with van der Waals surface area (Å²) >= 11 is 0. The number of hydrogen-bond donors (Lipinski definition) is 3. The van der Waals surface area contributed by atoms with Crippen molar-refractivity contribution in [2.75, 3.05) is 45.8 Å². The van der Waals surface area contributed by atoms with Gasteiger partial charge in [0.25, 0.3) is 0 Å². The second-order valence-corrected chi connectivity index (χ2v) is 7.07. The van der Waals surface area contributed by atoms with Crippen LogP contribution < -0.4 is 15.3 Å². The topological polar surface area (TPSA) is 130 Å². The lowest BCUT2D eigenvalue weighted by Gasteiger charge is -2.29. The van der Waals surface area contributed by atoms with Gasteiger partial charge in [-0.1, -0.05) is 26.2 Å². The number of unbranched alkanes of at least 4 members (excludes halogenated alkanes) is 2. The number of nitrogens with zero attached hydrogens (tertiary/aromatic N) is 5. The molecule has 0 saturated heterocycles. The van der Waals surface area contributed by atoms with Crippen LogP contribution in [0.5, 0.6) is 0 Å². The van der Waals surface area contributed by atoms with Crippen molar-refractivity contribution in [3.63, 3.8) is 0 Å². The number of anilines is 1. The fourth-order valence-corrected chi connectivity index (χ4v) is 2.73. The van der Waals surface area contributed by atoms with E-state index in [-0.39, 0.29) is 24.8 Å². The van der Waals surface area contributed by atoms with Gasteiger partial charge < -0.3 is 4.74 Å². The number of likely N-dealkylation sites (N-methyl/N-ethyl adjacent to an activating group) is 1. The second kappa shape index (κ2) is 13.0. The summed E-state index contributed by atoms with van der Waals surface area (Å²) < 4.78 is 5.62. The predicted molar refractivity (Wildman–Crippen MR) is 109 cm³/mol. The molecule has 1 heterocycles. The highest BCUT2D eigenvalue weighted by Crippen LogP contribution is 2.16. The molecule has 0 aliphatic rings. The van der Waals surface area contributed by atoms with Crippen molar-refractivity contribution in [1.82, 2.24) is 29.9 Å². The van der Waals surface area contributed by atoms with E-state index in [4.69, 9.17) is 4.74 Å².